The first kappa shape index (κ1) is 13.4. The standard InChI is InChI=1S/C14H14N4S/c1-3-9-18-13(12-7-5-4-6-8-12)16-17-14(18)19-11(2)10-15/h3-8,11H,1,9H2,2H3/t11-/m1/s1. The molecule has 0 N–H and O–H groups in total. The molecule has 0 saturated heterocycles. The van der Waals surface area contributed by atoms with Crippen LogP contribution in [0.1, 0.15) is 6.92 Å². The lowest BCUT2D eigenvalue weighted by Crippen LogP contribution is -2.02. The van der Waals surface area contributed by atoms with Crippen molar-refractivity contribution in [1.29, 1.82) is 5.26 Å². The quantitative estimate of drug-likeness (QED) is 0.618. The summed E-state index contributed by atoms with van der Waals surface area (Å²) in [7, 11) is 0. The Morgan fingerprint density at radius 1 is 1.42 bits per heavy atom. The molecule has 1 aromatic heterocycles. The largest absolute Gasteiger partial charge is 0.298 e. The highest BCUT2D eigenvalue weighted by atomic mass is 32.2. The fraction of sp³-hybridized carbons (Fsp3) is 0.214. The van der Waals surface area contributed by atoms with Crippen molar-refractivity contribution in [2.24, 2.45) is 0 Å². The summed E-state index contributed by atoms with van der Waals surface area (Å²) in [5, 5.41) is 17.9. The lowest BCUT2D eigenvalue weighted by Gasteiger charge is -2.08. The van der Waals surface area contributed by atoms with Gasteiger partial charge in [0.25, 0.3) is 0 Å². The van der Waals surface area contributed by atoms with E-state index in [2.05, 4.69) is 22.8 Å². The number of allylic oxidation sites excluding steroid dienone is 1. The van der Waals surface area contributed by atoms with E-state index >= 15 is 0 Å². The predicted octanol–water partition coefficient (Wildman–Crippen LogP) is 3.14. The molecule has 2 aromatic rings. The van der Waals surface area contributed by atoms with Gasteiger partial charge in [-0.15, -0.1) is 16.8 Å². The SMILES string of the molecule is C=CCn1c(S[C@H](C)C#N)nnc1-c1ccccc1. The monoisotopic (exact) mass is 270 g/mol. The lowest BCUT2D eigenvalue weighted by atomic mass is 10.2. The summed E-state index contributed by atoms with van der Waals surface area (Å²) >= 11 is 1.41. The first-order chi connectivity index (χ1) is 9.26. The van der Waals surface area contributed by atoms with Gasteiger partial charge in [-0.2, -0.15) is 5.26 Å². The molecule has 0 aliphatic heterocycles. The molecule has 96 valence electrons. The average molecular weight is 270 g/mol. The summed E-state index contributed by atoms with van der Waals surface area (Å²) in [5.74, 6) is 0.799. The smallest absolute Gasteiger partial charge is 0.193 e. The summed E-state index contributed by atoms with van der Waals surface area (Å²) in [6.45, 7) is 6.23. The maximum atomic E-state index is 8.89. The Morgan fingerprint density at radius 3 is 2.79 bits per heavy atom. The van der Waals surface area contributed by atoms with Gasteiger partial charge >= 0.3 is 0 Å². The van der Waals surface area contributed by atoms with E-state index in [1.54, 1.807) is 6.08 Å². The molecule has 0 saturated carbocycles. The maximum absolute atomic E-state index is 8.89. The molecule has 0 spiro atoms. The normalized spacial score (nSPS) is 11.8. The molecular formula is C14H14N4S. The van der Waals surface area contributed by atoms with Crippen LogP contribution in [0.5, 0.6) is 0 Å². The van der Waals surface area contributed by atoms with Crippen molar-refractivity contribution in [3.8, 4) is 17.5 Å². The molecule has 19 heavy (non-hydrogen) atoms. The number of benzene rings is 1. The van der Waals surface area contributed by atoms with Gasteiger partial charge in [-0.05, 0) is 6.92 Å². The van der Waals surface area contributed by atoms with Crippen molar-refractivity contribution in [3.63, 3.8) is 0 Å². The number of nitrogens with zero attached hydrogens (tertiary/aromatic N) is 4. The third-order valence-corrected chi connectivity index (χ3v) is 3.50. The minimum absolute atomic E-state index is 0.156. The first-order valence-electron chi connectivity index (χ1n) is 5.92. The third kappa shape index (κ3) is 3.04. The van der Waals surface area contributed by atoms with E-state index in [9.17, 15) is 0 Å². The molecule has 0 fully saturated rings. The zero-order chi connectivity index (χ0) is 13.7. The zero-order valence-corrected chi connectivity index (χ0v) is 11.5. The van der Waals surface area contributed by atoms with E-state index in [1.165, 1.54) is 11.8 Å². The Kier molecular flexibility index (Phi) is 4.37. The molecule has 0 bridgehead atoms. The van der Waals surface area contributed by atoms with Crippen LogP contribution in [-0.4, -0.2) is 20.0 Å². The Hall–Kier alpha value is -2.06. The van der Waals surface area contributed by atoms with E-state index in [1.807, 2.05) is 41.8 Å². The molecule has 1 atom stereocenters. The summed E-state index contributed by atoms with van der Waals surface area (Å²) in [5.41, 5.74) is 1.01. The summed E-state index contributed by atoms with van der Waals surface area (Å²) in [4.78, 5) is 0. The highest BCUT2D eigenvalue weighted by Crippen LogP contribution is 2.26. The highest BCUT2D eigenvalue weighted by molar-refractivity contribution is 8.00. The molecule has 1 aromatic carbocycles. The summed E-state index contributed by atoms with van der Waals surface area (Å²) in [6, 6.07) is 12.1. The fourth-order valence-corrected chi connectivity index (χ4v) is 2.40. The van der Waals surface area contributed by atoms with Crippen LogP contribution in [0.2, 0.25) is 0 Å². The van der Waals surface area contributed by atoms with Crippen LogP contribution in [0, 0.1) is 11.3 Å². The van der Waals surface area contributed by atoms with Gasteiger partial charge in [0.05, 0.1) is 11.3 Å². The van der Waals surface area contributed by atoms with Crippen molar-refractivity contribution < 1.29 is 0 Å². The van der Waals surface area contributed by atoms with Crippen LogP contribution in [0.15, 0.2) is 48.1 Å². The predicted molar refractivity (Wildman–Crippen MR) is 76.6 cm³/mol. The van der Waals surface area contributed by atoms with Crippen molar-refractivity contribution >= 4 is 11.8 Å². The molecule has 5 heteroatoms. The van der Waals surface area contributed by atoms with Crippen LogP contribution >= 0.6 is 11.8 Å². The van der Waals surface area contributed by atoms with Gasteiger partial charge in [0.2, 0.25) is 0 Å². The number of hydrogen-bond acceptors (Lipinski definition) is 4. The second kappa shape index (κ2) is 6.21. The van der Waals surface area contributed by atoms with Gasteiger partial charge in [-0.25, -0.2) is 0 Å². The Morgan fingerprint density at radius 2 is 2.16 bits per heavy atom. The molecule has 0 aliphatic rings. The minimum Gasteiger partial charge on any atom is -0.298 e. The van der Waals surface area contributed by atoms with Crippen molar-refractivity contribution in [1.82, 2.24) is 14.8 Å². The fourth-order valence-electron chi connectivity index (χ4n) is 1.65. The van der Waals surface area contributed by atoms with Gasteiger partial charge in [-0.3, -0.25) is 4.57 Å². The van der Waals surface area contributed by atoms with Crippen LogP contribution in [0.25, 0.3) is 11.4 Å². The highest BCUT2D eigenvalue weighted by Gasteiger charge is 2.15. The average Bonchev–Trinajstić information content (AvgIpc) is 2.83. The Bertz CT molecular complexity index is 598. The van der Waals surface area contributed by atoms with E-state index in [-0.39, 0.29) is 5.25 Å². The number of hydrogen-bond donors (Lipinski definition) is 0. The number of nitriles is 1. The third-order valence-electron chi connectivity index (χ3n) is 2.52. The minimum atomic E-state index is -0.156. The van der Waals surface area contributed by atoms with Crippen molar-refractivity contribution in [2.45, 2.75) is 23.9 Å². The first-order valence-corrected chi connectivity index (χ1v) is 6.80. The Balaban J connectivity index is 2.40. The molecule has 0 aliphatic carbocycles. The van der Waals surface area contributed by atoms with E-state index in [4.69, 9.17) is 5.26 Å². The molecule has 4 nitrogen and oxygen atoms in total. The molecule has 0 radical (unpaired) electrons. The molecule has 1 heterocycles. The second-order valence-corrected chi connectivity index (χ2v) is 5.27. The number of thioether (sulfide) groups is 1. The van der Waals surface area contributed by atoms with Crippen LogP contribution in [0.3, 0.4) is 0 Å². The van der Waals surface area contributed by atoms with Crippen LogP contribution in [0.4, 0.5) is 0 Å². The van der Waals surface area contributed by atoms with Gasteiger partial charge in [0, 0.05) is 12.1 Å². The van der Waals surface area contributed by atoms with Gasteiger partial charge in [-0.1, -0.05) is 48.2 Å². The summed E-state index contributed by atoms with van der Waals surface area (Å²) in [6.07, 6.45) is 1.80. The molecular weight excluding hydrogens is 256 g/mol. The molecule has 2 rings (SSSR count). The van der Waals surface area contributed by atoms with Crippen molar-refractivity contribution in [2.75, 3.05) is 0 Å². The van der Waals surface area contributed by atoms with E-state index in [0.717, 1.165) is 16.5 Å². The second-order valence-electron chi connectivity index (χ2n) is 3.96. The van der Waals surface area contributed by atoms with E-state index in [0.29, 0.717) is 6.54 Å². The van der Waals surface area contributed by atoms with Crippen molar-refractivity contribution in [3.05, 3.63) is 43.0 Å². The topological polar surface area (TPSA) is 54.5 Å². The zero-order valence-electron chi connectivity index (χ0n) is 10.7. The summed E-state index contributed by atoms with van der Waals surface area (Å²) < 4.78 is 1.97. The van der Waals surface area contributed by atoms with E-state index < -0.39 is 0 Å². The number of rotatable bonds is 5. The molecule has 0 amide bonds. The number of aromatic nitrogens is 3. The Labute approximate surface area is 116 Å². The van der Waals surface area contributed by atoms with Gasteiger partial charge < -0.3 is 0 Å². The van der Waals surface area contributed by atoms with Crippen LogP contribution in [-0.2, 0) is 6.54 Å². The maximum Gasteiger partial charge on any atom is 0.193 e. The van der Waals surface area contributed by atoms with Crippen LogP contribution < -0.4 is 0 Å². The van der Waals surface area contributed by atoms with Gasteiger partial charge in [0.1, 0.15) is 0 Å². The molecule has 0 unspecified atom stereocenters. The van der Waals surface area contributed by atoms with Gasteiger partial charge in [0.15, 0.2) is 11.0 Å². The lowest BCUT2D eigenvalue weighted by molar-refractivity contribution is 0.730.